The van der Waals surface area contributed by atoms with Crippen molar-refractivity contribution in [2.75, 3.05) is 6.54 Å². The van der Waals surface area contributed by atoms with E-state index in [1.54, 1.807) is 13.8 Å². The number of nitrogens with zero attached hydrogens (tertiary/aromatic N) is 3. The molecule has 0 saturated heterocycles. The van der Waals surface area contributed by atoms with E-state index < -0.39 is 4.92 Å². The molecule has 0 aliphatic rings. The number of nitrogens with two attached hydrogens (primary N) is 1. The lowest BCUT2D eigenvalue weighted by Gasteiger charge is -2.11. The Bertz CT molecular complexity index is 483. The van der Waals surface area contributed by atoms with Gasteiger partial charge >= 0.3 is 5.69 Å². The minimum absolute atomic E-state index is 0.00994. The van der Waals surface area contributed by atoms with Gasteiger partial charge < -0.3 is 11.1 Å². The zero-order chi connectivity index (χ0) is 14.6. The Morgan fingerprint density at radius 1 is 1.58 bits per heavy atom. The van der Waals surface area contributed by atoms with Gasteiger partial charge in [-0.3, -0.25) is 19.6 Å². The largest absolute Gasteiger partial charge is 0.352 e. The van der Waals surface area contributed by atoms with Crippen LogP contribution < -0.4 is 11.1 Å². The maximum Gasteiger partial charge on any atom is 0.312 e. The number of aryl methyl sites for hydroxylation is 2. The molecule has 8 heteroatoms. The zero-order valence-corrected chi connectivity index (χ0v) is 11.3. The molecule has 0 saturated carbocycles. The van der Waals surface area contributed by atoms with Gasteiger partial charge in [0.15, 0.2) is 0 Å². The van der Waals surface area contributed by atoms with E-state index in [4.69, 9.17) is 5.73 Å². The van der Waals surface area contributed by atoms with Crippen molar-refractivity contribution >= 4 is 11.6 Å². The smallest absolute Gasteiger partial charge is 0.312 e. The monoisotopic (exact) mass is 269 g/mol. The summed E-state index contributed by atoms with van der Waals surface area (Å²) in [6.07, 6.45) is 0.212. The lowest BCUT2D eigenvalue weighted by Crippen LogP contribution is -2.38. The van der Waals surface area contributed by atoms with Gasteiger partial charge in [0.05, 0.1) is 11.5 Å². The third-order valence-corrected chi connectivity index (χ3v) is 2.84. The van der Waals surface area contributed by atoms with Crippen molar-refractivity contribution in [1.82, 2.24) is 15.1 Å². The Morgan fingerprint density at radius 2 is 2.21 bits per heavy atom. The highest BCUT2D eigenvalue weighted by molar-refractivity contribution is 5.76. The summed E-state index contributed by atoms with van der Waals surface area (Å²) in [5, 5.41) is 17.6. The van der Waals surface area contributed by atoms with Crippen LogP contribution in [0.3, 0.4) is 0 Å². The first-order chi connectivity index (χ1) is 8.86. The fourth-order valence-electron chi connectivity index (χ4n) is 1.78. The van der Waals surface area contributed by atoms with Crippen molar-refractivity contribution in [1.29, 1.82) is 0 Å². The molecule has 1 aromatic rings. The molecule has 106 valence electrons. The van der Waals surface area contributed by atoms with Crippen LogP contribution in [0.2, 0.25) is 0 Å². The summed E-state index contributed by atoms with van der Waals surface area (Å²) in [5.74, 6) is -0.145. The number of carbonyl (C=O) groups excluding carboxylic acids is 1. The zero-order valence-electron chi connectivity index (χ0n) is 11.3. The molecule has 0 fully saturated rings. The van der Waals surface area contributed by atoms with Crippen molar-refractivity contribution < 1.29 is 9.72 Å². The first kappa shape index (κ1) is 15.1. The Hall–Kier alpha value is -1.96. The second kappa shape index (κ2) is 6.28. The number of amides is 1. The Kier molecular flexibility index (Phi) is 4.99. The van der Waals surface area contributed by atoms with Crippen molar-refractivity contribution in [3.05, 3.63) is 21.5 Å². The topological polar surface area (TPSA) is 116 Å². The number of carbonyl (C=O) groups is 1. The van der Waals surface area contributed by atoms with Crippen LogP contribution in [0.15, 0.2) is 0 Å². The van der Waals surface area contributed by atoms with E-state index in [2.05, 4.69) is 10.4 Å². The summed E-state index contributed by atoms with van der Waals surface area (Å²) in [6, 6.07) is -0.0812. The fraction of sp³-hybridized carbons (Fsp3) is 0.636. The maximum absolute atomic E-state index is 11.6. The molecule has 0 aliphatic heterocycles. The number of hydrogen-bond acceptors (Lipinski definition) is 5. The Labute approximate surface area is 111 Å². The molecule has 19 heavy (non-hydrogen) atoms. The lowest BCUT2D eigenvalue weighted by molar-refractivity contribution is -0.386. The average molecular weight is 269 g/mol. The standard InChI is InChI=1S/C11H19N5O3/c1-7(6-12)13-10(17)4-5-15-9(3)11(16(18)19)8(2)14-15/h7H,4-6,12H2,1-3H3,(H,13,17)/t7-/m0/s1. The van der Waals surface area contributed by atoms with Crippen molar-refractivity contribution in [2.45, 2.75) is 39.8 Å². The van der Waals surface area contributed by atoms with Crippen LogP contribution in [-0.4, -0.2) is 33.2 Å². The summed E-state index contributed by atoms with van der Waals surface area (Å²) in [5.41, 5.74) is 6.23. The summed E-state index contributed by atoms with van der Waals surface area (Å²) < 4.78 is 1.49. The molecule has 0 radical (unpaired) electrons. The molecular formula is C11H19N5O3. The summed E-state index contributed by atoms with van der Waals surface area (Å²) in [7, 11) is 0. The predicted molar refractivity (Wildman–Crippen MR) is 69.6 cm³/mol. The maximum atomic E-state index is 11.6. The van der Waals surface area contributed by atoms with Crippen LogP contribution in [0.4, 0.5) is 5.69 Å². The normalized spacial score (nSPS) is 12.2. The second-order valence-corrected chi connectivity index (χ2v) is 4.45. The minimum atomic E-state index is -0.454. The summed E-state index contributed by atoms with van der Waals surface area (Å²) in [6.45, 7) is 5.70. The van der Waals surface area contributed by atoms with Crippen LogP contribution in [0, 0.1) is 24.0 Å². The quantitative estimate of drug-likeness (QED) is 0.567. The molecule has 0 spiro atoms. The van der Waals surface area contributed by atoms with Crippen LogP contribution in [-0.2, 0) is 11.3 Å². The first-order valence-electron chi connectivity index (χ1n) is 6.04. The van der Waals surface area contributed by atoms with E-state index in [1.165, 1.54) is 4.68 Å². The van der Waals surface area contributed by atoms with Gasteiger partial charge in [-0.15, -0.1) is 0 Å². The molecule has 1 atom stereocenters. The third kappa shape index (κ3) is 3.75. The van der Waals surface area contributed by atoms with Gasteiger partial charge in [-0.25, -0.2) is 0 Å². The van der Waals surface area contributed by atoms with Crippen molar-refractivity contribution in [3.8, 4) is 0 Å². The number of nitrogens with one attached hydrogen (secondary N) is 1. The van der Waals surface area contributed by atoms with Gasteiger partial charge in [0, 0.05) is 19.0 Å². The van der Waals surface area contributed by atoms with Gasteiger partial charge in [-0.05, 0) is 20.8 Å². The van der Waals surface area contributed by atoms with E-state index in [1.807, 2.05) is 6.92 Å². The van der Waals surface area contributed by atoms with Gasteiger partial charge in [0.2, 0.25) is 5.91 Å². The SMILES string of the molecule is Cc1nn(CCC(=O)N[C@@H](C)CN)c(C)c1[N+](=O)[O-]. The predicted octanol–water partition coefficient (Wildman–Crippen LogP) is 0.262. The number of nitro groups is 1. The number of aromatic nitrogens is 2. The van der Waals surface area contributed by atoms with E-state index in [0.717, 1.165) is 0 Å². The van der Waals surface area contributed by atoms with E-state index in [0.29, 0.717) is 24.5 Å². The minimum Gasteiger partial charge on any atom is -0.352 e. The second-order valence-electron chi connectivity index (χ2n) is 4.45. The van der Waals surface area contributed by atoms with Gasteiger partial charge in [0.25, 0.3) is 0 Å². The molecule has 0 unspecified atom stereocenters. The number of hydrogen-bond donors (Lipinski definition) is 2. The summed E-state index contributed by atoms with van der Waals surface area (Å²) >= 11 is 0. The average Bonchev–Trinajstić information content (AvgIpc) is 2.61. The molecule has 1 rings (SSSR count). The van der Waals surface area contributed by atoms with Crippen molar-refractivity contribution in [3.63, 3.8) is 0 Å². The lowest BCUT2D eigenvalue weighted by atomic mass is 10.3. The highest BCUT2D eigenvalue weighted by Gasteiger charge is 2.21. The van der Waals surface area contributed by atoms with E-state index >= 15 is 0 Å². The highest BCUT2D eigenvalue weighted by Crippen LogP contribution is 2.21. The molecule has 3 N–H and O–H groups in total. The van der Waals surface area contributed by atoms with Crippen LogP contribution >= 0.6 is 0 Å². The van der Waals surface area contributed by atoms with Gasteiger partial charge in [-0.1, -0.05) is 0 Å². The van der Waals surface area contributed by atoms with E-state index in [-0.39, 0.29) is 24.1 Å². The van der Waals surface area contributed by atoms with Crippen LogP contribution in [0.25, 0.3) is 0 Å². The van der Waals surface area contributed by atoms with Gasteiger partial charge in [0.1, 0.15) is 11.4 Å². The molecule has 0 aliphatic carbocycles. The molecule has 1 aromatic heterocycles. The Balaban J connectivity index is 2.66. The first-order valence-corrected chi connectivity index (χ1v) is 6.04. The van der Waals surface area contributed by atoms with Crippen LogP contribution in [0.1, 0.15) is 24.7 Å². The molecule has 1 amide bonds. The molecule has 8 nitrogen and oxygen atoms in total. The summed E-state index contributed by atoms with van der Waals surface area (Å²) in [4.78, 5) is 22.0. The molecule has 1 heterocycles. The molecular weight excluding hydrogens is 250 g/mol. The number of rotatable bonds is 6. The van der Waals surface area contributed by atoms with Gasteiger partial charge in [-0.2, -0.15) is 5.10 Å². The molecule has 0 aromatic carbocycles. The van der Waals surface area contributed by atoms with Crippen molar-refractivity contribution in [2.24, 2.45) is 5.73 Å². The Morgan fingerprint density at radius 3 is 2.68 bits per heavy atom. The van der Waals surface area contributed by atoms with E-state index in [9.17, 15) is 14.9 Å². The molecule has 0 bridgehead atoms. The fourth-order valence-corrected chi connectivity index (χ4v) is 1.78. The highest BCUT2D eigenvalue weighted by atomic mass is 16.6. The van der Waals surface area contributed by atoms with Crippen LogP contribution in [0.5, 0.6) is 0 Å². The third-order valence-electron chi connectivity index (χ3n) is 2.84.